The van der Waals surface area contributed by atoms with Gasteiger partial charge in [0.05, 0.1) is 0 Å². The standard InChI is InChI=1S/C38H37NOP2/c1-29-19-23-32(24-20-29)41(33-25-21-30(2)22-26-33)28-31-12-11-27-39(31)38(40)36-17-9-10-18-37(36)42(34-13-5-3-6-14-34)35-15-7-4-8-16-35/h3-10,13-26,31H,11-12,27-28H2,1-2H3. The Balaban J connectivity index is 1.35. The second-order valence-electron chi connectivity index (χ2n) is 11.1. The molecule has 1 unspecified atom stereocenters. The summed E-state index contributed by atoms with van der Waals surface area (Å²) in [7, 11) is -1.46. The van der Waals surface area contributed by atoms with Crippen LogP contribution < -0.4 is 26.5 Å². The van der Waals surface area contributed by atoms with Gasteiger partial charge in [-0.15, -0.1) is 0 Å². The van der Waals surface area contributed by atoms with Crippen LogP contribution in [-0.2, 0) is 0 Å². The SMILES string of the molecule is Cc1ccc(P(CC2CCCN2C(=O)c2ccccc2P(c2ccccc2)c2ccccc2)c2ccc(C)cc2)cc1. The molecule has 0 aromatic heterocycles. The number of carbonyl (C=O) groups is 1. The second-order valence-corrected chi connectivity index (χ2v) is 15.5. The fourth-order valence-corrected chi connectivity index (χ4v) is 10.9. The molecule has 5 aromatic carbocycles. The van der Waals surface area contributed by atoms with Gasteiger partial charge in [-0.2, -0.15) is 0 Å². The molecule has 1 saturated heterocycles. The van der Waals surface area contributed by atoms with Crippen molar-refractivity contribution in [3.63, 3.8) is 0 Å². The van der Waals surface area contributed by atoms with E-state index in [-0.39, 0.29) is 11.9 Å². The van der Waals surface area contributed by atoms with Crippen molar-refractivity contribution in [1.82, 2.24) is 4.90 Å². The van der Waals surface area contributed by atoms with Gasteiger partial charge in [0.2, 0.25) is 0 Å². The Morgan fingerprint density at radius 3 is 1.69 bits per heavy atom. The van der Waals surface area contributed by atoms with Crippen LogP contribution in [0.2, 0.25) is 0 Å². The maximum Gasteiger partial charge on any atom is 0.254 e. The number of carbonyl (C=O) groups excluding carboxylic acids is 1. The Hall–Kier alpha value is -3.57. The van der Waals surface area contributed by atoms with Crippen molar-refractivity contribution in [3.8, 4) is 0 Å². The molecule has 1 heterocycles. The lowest BCUT2D eigenvalue weighted by atomic mass is 10.2. The first-order chi connectivity index (χ1) is 20.6. The Morgan fingerprint density at radius 2 is 1.14 bits per heavy atom. The normalized spacial score (nSPS) is 15.0. The van der Waals surface area contributed by atoms with E-state index in [1.54, 1.807) is 0 Å². The smallest absolute Gasteiger partial charge is 0.254 e. The van der Waals surface area contributed by atoms with Gasteiger partial charge in [-0.1, -0.05) is 139 Å². The average molecular weight is 586 g/mol. The second kappa shape index (κ2) is 13.2. The first-order valence-electron chi connectivity index (χ1n) is 14.8. The fourth-order valence-electron chi connectivity index (χ4n) is 5.90. The van der Waals surface area contributed by atoms with Gasteiger partial charge in [-0.25, -0.2) is 0 Å². The summed E-state index contributed by atoms with van der Waals surface area (Å²) in [4.78, 5) is 16.7. The van der Waals surface area contributed by atoms with Gasteiger partial charge in [0.25, 0.3) is 5.91 Å². The van der Waals surface area contributed by atoms with Crippen LogP contribution in [0.3, 0.4) is 0 Å². The summed E-state index contributed by atoms with van der Waals surface area (Å²) in [5, 5.41) is 6.44. The number of nitrogens with zero attached hydrogens (tertiary/aromatic N) is 1. The van der Waals surface area contributed by atoms with Gasteiger partial charge in [-0.3, -0.25) is 4.79 Å². The van der Waals surface area contributed by atoms with Crippen molar-refractivity contribution in [2.24, 2.45) is 0 Å². The van der Waals surface area contributed by atoms with Crippen molar-refractivity contribution >= 4 is 48.3 Å². The molecule has 210 valence electrons. The maximum atomic E-state index is 14.5. The minimum absolute atomic E-state index is 0.176. The number of benzene rings is 5. The highest BCUT2D eigenvalue weighted by Crippen LogP contribution is 2.39. The van der Waals surface area contributed by atoms with Crippen molar-refractivity contribution in [2.45, 2.75) is 32.7 Å². The van der Waals surface area contributed by atoms with E-state index in [0.29, 0.717) is 0 Å². The van der Waals surface area contributed by atoms with Crippen molar-refractivity contribution < 1.29 is 4.79 Å². The van der Waals surface area contributed by atoms with E-state index in [9.17, 15) is 4.79 Å². The van der Waals surface area contributed by atoms with Crippen LogP contribution in [0, 0.1) is 13.8 Å². The zero-order valence-corrected chi connectivity index (χ0v) is 26.1. The lowest BCUT2D eigenvalue weighted by Crippen LogP contribution is -2.40. The lowest BCUT2D eigenvalue weighted by molar-refractivity contribution is 0.0751. The molecule has 6 rings (SSSR count). The summed E-state index contributed by atoms with van der Waals surface area (Å²) < 4.78 is 0. The molecule has 1 aliphatic heterocycles. The predicted molar refractivity (Wildman–Crippen MR) is 183 cm³/mol. The third kappa shape index (κ3) is 6.27. The number of likely N-dealkylation sites (tertiary alicyclic amines) is 1. The maximum absolute atomic E-state index is 14.5. The molecule has 1 amide bonds. The molecule has 2 nitrogen and oxygen atoms in total. The number of aryl methyl sites for hydroxylation is 2. The van der Waals surface area contributed by atoms with Gasteiger partial charge >= 0.3 is 0 Å². The predicted octanol–water partition coefficient (Wildman–Crippen LogP) is 6.80. The van der Waals surface area contributed by atoms with Crippen LogP contribution in [-0.4, -0.2) is 29.6 Å². The number of hydrogen-bond donors (Lipinski definition) is 0. The molecule has 0 aliphatic carbocycles. The molecule has 42 heavy (non-hydrogen) atoms. The number of rotatable bonds is 8. The topological polar surface area (TPSA) is 20.3 Å². The fraction of sp³-hybridized carbons (Fsp3) is 0.184. The van der Waals surface area contributed by atoms with E-state index in [1.165, 1.54) is 32.3 Å². The minimum Gasteiger partial charge on any atom is -0.335 e. The zero-order chi connectivity index (χ0) is 28.9. The van der Waals surface area contributed by atoms with E-state index < -0.39 is 15.8 Å². The molecule has 4 heteroatoms. The Kier molecular flexibility index (Phi) is 8.95. The van der Waals surface area contributed by atoms with Gasteiger partial charge in [0.1, 0.15) is 0 Å². The summed E-state index contributed by atoms with van der Waals surface area (Å²) in [5.74, 6) is 0.176. The average Bonchev–Trinajstić information content (AvgIpc) is 3.50. The van der Waals surface area contributed by atoms with Crippen molar-refractivity contribution in [1.29, 1.82) is 0 Å². The Morgan fingerprint density at radius 1 is 0.643 bits per heavy atom. The lowest BCUT2D eigenvalue weighted by Gasteiger charge is -2.31. The summed E-state index contributed by atoms with van der Waals surface area (Å²) >= 11 is 0. The Labute approximate surface area is 252 Å². The molecule has 0 saturated carbocycles. The molecule has 0 radical (unpaired) electrons. The largest absolute Gasteiger partial charge is 0.335 e. The third-order valence-electron chi connectivity index (χ3n) is 8.13. The van der Waals surface area contributed by atoms with E-state index in [4.69, 9.17) is 0 Å². The highest BCUT2D eigenvalue weighted by atomic mass is 31.1. The molecule has 0 spiro atoms. The van der Waals surface area contributed by atoms with Gasteiger partial charge in [0, 0.05) is 18.2 Å². The molecule has 1 fully saturated rings. The van der Waals surface area contributed by atoms with E-state index in [0.717, 1.165) is 36.4 Å². The van der Waals surface area contributed by atoms with Crippen LogP contribution in [0.4, 0.5) is 0 Å². The third-order valence-corrected chi connectivity index (χ3v) is 13.3. The van der Waals surface area contributed by atoms with Crippen molar-refractivity contribution in [3.05, 3.63) is 150 Å². The van der Waals surface area contributed by atoms with Crippen LogP contribution in [0.5, 0.6) is 0 Å². The van der Waals surface area contributed by atoms with E-state index in [2.05, 4.69) is 146 Å². The first-order valence-corrected chi connectivity index (χ1v) is 17.7. The molecule has 5 aromatic rings. The van der Waals surface area contributed by atoms with Gasteiger partial charge in [0.15, 0.2) is 0 Å². The molecular weight excluding hydrogens is 548 g/mol. The van der Waals surface area contributed by atoms with E-state index in [1.807, 2.05) is 6.07 Å². The first kappa shape index (κ1) is 28.5. The van der Waals surface area contributed by atoms with Gasteiger partial charge < -0.3 is 4.90 Å². The summed E-state index contributed by atoms with van der Waals surface area (Å²) in [6.07, 6.45) is 3.09. The molecule has 1 atom stereocenters. The molecule has 1 aliphatic rings. The monoisotopic (exact) mass is 585 g/mol. The minimum atomic E-state index is -0.867. The molecule has 0 N–H and O–H groups in total. The summed E-state index contributed by atoms with van der Waals surface area (Å²) in [6.45, 7) is 5.11. The number of hydrogen-bond acceptors (Lipinski definition) is 1. The summed E-state index contributed by atoms with van der Waals surface area (Å²) in [6, 6.07) is 48.0. The molecular formula is C38H37NOP2. The van der Waals surface area contributed by atoms with Crippen LogP contribution in [0.15, 0.2) is 133 Å². The van der Waals surface area contributed by atoms with Crippen molar-refractivity contribution in [2.75, 3.05) is 12.7 Å². The quantitative estimate of drug-likeness (QED) is 0.184. The van der Waals surface area contributed by atoms with Crippen LogP contribution in [0.1, 0.15) is 34.3 Å². The number of amides is 1. The van der Waals surface area contributed by atoms with Gasteiger partial charge in [-0.05, 0) is 81.3 Å². The highest BCUT2D eigenvalue weighted by molar-refractivity contribution is 7.80. The highest BCUT2D eigenvalue weighted by Gasteiger charge is 2.34. The Bertz CT molecular complexity index is 1530. The van der Waals surface area contributed by atoms with Crippen LogP contribution >= 0.6 is 15.8 Å². The van der Waals surface area contributed by atoms with Crippen LogP contribution in [0.25, 0.3) is 0 Å². The zero-order valence-electron chi connectivity index (χ0n) is 24.4. The molecule has 0 bridgehead atoms. The van der Waals surface area contributed by atoms with E-state index >= 15 is 0 Å². The summed E-state index contributed by atoms with van der Waals surface area (Å²) in [5.41, 5.74) is 3.40.